The average molecular weight is 306 g/mol. The Kier molecular flexibility index (Phi) is 4.24. The molecule has 3 rings (SSSR count). The summed E-state index contributed by atoms with van der Waals surface area (Å²) >= 11 is 0. The predicted octanol–water partition coefficient (Wildman–Crippen LogP) is 3.31. The highest BCUT2D eigenvalue weighted by atomic mass is 16.5. The summed E-state index contributed by atoms with van der Waals surface area (Å²) in [4.78, 5) is 12.0. The summed E-state index contributed by atoms with van der Waals surface area (Å²) in [5, 5.41) is 4.19. The predicted molar refractivity (Wildman–Crippen MR) is 91.4 cm³/mol. The van der Waals surface area contributed by atoms with Gasteiger partial charge in [0.15, 0.2) is 0 Å². The van der Waals surface area contributed by atoms with Gasteiger partial charge in [-0.1, -0.05) is 42.0 Å². The van der Waals surface area contributed by atoms with Crippen LogP contribution < -0.4 is 10.2 Å². The highest BCUT2D eigenvalue weighted by Crippen LogP contribution is 2.19. The van der Waals surface area contributed by atoms with Crippen molar-refractivity contribution in [1.29, 1.82) is 0 Å². The largest absolute Gasteiger partial charge is 0.497 e. The van der Waals surface area contributed by atoms with E-state index in [1.807, 2.05) is 61.5 Å². The quantitative estimate of drug-likeness (QED) is 0.885. The first kappa shape index (κ1) is 15.0. The van der Waals surface area contributed by atoms with E-state index < -0.39 is 0 Å². The van der Waals surface area contributed by atoms with Crippen molar-refractivity contribution >= 4 is 17.7 Å². The summed E-state index contributed by atoms with van der Waals surface area (Å²) < 4.78 is 5.15. The molecule has 0 aromatic heterocycles. The van der Waals surface area contributed by atoms with Crippen LogP contribution in [0, 0.1) is 6.92 Å². The van der Waals surface area contributed by atoms with Crippen LogP contribution in [0.15, 0.2) is 59.2 Å². The van der Waals surface area contributed by atoms with E-state index in [1.165, 1.54) is 5.56 Å². The zero-order chi connectivity index (χ0) is 16.2. The molecule has 0 fully saturated rings. The minimum absolute atomic E-state index is 0.156. The third-order valence-corrected chi connectivity index (χ3v) is 3.78. The van der Waals surface area contributed by atoms with Crippen molar-refractivity contribution in [2.75, 3.05) is 7.11 Å². The number of nitrogens with one attached hydrogen (secondary N) is 1. The second-order valence-electron chi connectivity index (χ2n) is 5.48. The van der Waals surface area contributed by atoms with Gasteiger partial charge in [-0.05, 0) is 36.3 Å². The number of hydrogen-bond donors (Lipinski definition) is 1. The standard InChI is InChI=1S/C19H18N2O2/c1-13-3-7-15(8-4-13)18-12-16(19(22)21-20-18)11-14-5-9-17(23-2)10-6-14/h3-11H,12H2,1-2H3,(H,21,22). The number of ether oxygens (including phenoxy) is 1. The third-order valence-electron chi connectivity index (χ3n) is 3.78. The molecule has 2 aromatic carbocycles. The van der Waals surface area contributed by atoms with E-state index >= 15 is 0 Å². The Hall–Kier alpha value is -2.88. The second-order valence-corrected chi connectivity index (χ2v) is 5.48. The van der Waals surface area contributed by atoms with Gasteiger partial charge in [0.05, 0.1) is 12.8 Å². The summed E-state index contributed by atoms with van der Waals surface area (Å²) in [6, 6.07) is 15.7. The Morgan fingerprint density at radius 2 is 1.78 bits per heavy atom. The number of hydrogen-bond acceptors (Lipinski definition) is 3. The Morgan fingerprint density at radius 3 is 2.43 bits per heavy atom. The molecule has 23 heavy (non-hydrogen) atoms. The lowest BCUT2D eigenvalue weighted by Crippen LogP contribution is -2.28. The van der Waals surface area contributed by atoms with Crippen molar-refractivity contribution in [3.8, 4) is 5.75 Å². The molecular weight excluding hydrogens is 288 g/mol. The van der Waals surface area contributed by atoms with E-state index in [9.17, 15) is 4.79 Å². The fourth-order valence-corrected chi connectivity index (χ4v) is 2.42. The molecule has 0 aliphatic carbocycles. The number of carbonyl (C=O) groups excluding carboxylic acids is 1. The Balaban J connectivity index is 1.85. The number of rotatable bonds is 3. The molecule has 1 aliphatic heterocycles. The summed E-state index contributed by atoms with van der Waals surface area (Å²) in [7, 11) is 1.63. The van der Waals surface area contributed by atoms with Crippen molar-refractivity contribution < 1.29 is 9.53 Å². The molecule has 2 aromatic rings. The topological polar surface area (TPSA) is 50.7 Å². The molecule has 4 nitrogen and oxygen atoms in total. The first-order chi connectivity index (χ1) is 11.2. The van der Waals surface area contributed by atoms with Crippen LogP contribution in [0.25, 0.3) is 6.08 Å². The maximum Gasteiger partial charge on any atom is 0.267 e. The lowest BCUT2D eigenvalue weighted by atomic mass is 9.98. The summed E-state index contributed by atoms with van der Waals surface area (Å²) in [6.45, 7) is 2.04. The molecule has 0 saturated heterocycles. The van der Waals surface area contributed by atoms with Crippen LogP contribution in [0.1, 0.15) is 23.1 Å². The Bertz CT molecular complexity index is 772. The van der Waals surface area contributed by atoms with E-state index in [4.69, 9.17) is 4.74 Å². The van der Waals surface area contributed by atoms with E-state index in [0.717, 1.165) is 22.6 Å². The molecule has 0 unspecified atom stereocenters. The molecule has 4 heteroatoms. The monoisotopic (exact) mass is 306 g/mol. The fraction of sp³-hybridized carbons (Fsp3) is 0.158. The second kappa shape index (κ2) is 6.48. The number of methoxy groups -OCH3 is 1. The smallest absolute Gasteiger partial charge is 0.267 e. The average Bonchev–Trinajstić information content (AvgIpc) is 2.58. The minimum Gasteiger partial charge on any atom is -0.497 e. The lowest BCUT2D eigenvalue weighted by molar-refractivity contribution is -0.117. The maximum atomic E-state index is 12.0. The Morgan fingerprint density at radius 1 is 1.09 bits per heavy atom. The van der Waals surface area contributed by atoms with Gasteiger partial charge in [-0.2, -0.15) is 5.10 Å². The molecular formula is C19H18N2O2. The lowest BCUT2D eigenvalue weighted by Gasteiger charge is -2.15. The van der Waals surface area contributed by atoms with E-state index in [-0.39, 0.29) is 5.91 Å². The molecule has 0 radical (unpaired) electrons. The van der Waals surface area contributed by atoms with Gasteiger partial charge in [0.1, 0.15) is 5.75 Å². The van der Waals surface area contributed by atoms with Gasteiger partial charge >= 0.3 is 0 Å². The fourth-order valence-electron chi connectivity index (χ4n) is 2.42. The summed E-state index contributed by atoms with van der Waals surface area (Å²) in [5.74, 6) is 0.638. The first-order valence-electron chi connectivity index (χ1n) is 7.44. The van der Waals surface area contributed by atoms with Crippen molar-refractivity contribution in [2.45, 2.75) is 13.3 Å². The molecule has 0 atom stereocenters. The molecule has 1 heterocycles. The first-order valence-corrected chi connectivity index (χ1v) is 7.44. The normalized spacial score (nSPS) is 16.0. The van der Waals surface area contributed by atoms with Crippen molar-refractivity contribution in [3.63, 3.8) is 0 Å². The molecule has 1 aliphatic rings. The van der Waals surface area contributed by atoms with Crippen LogP contribution in [0.3, 0.4) is 0 Å². The highest BCUT2D eigenvalue weighted by Gasteiger charge is 2.19. The highest BCUT2D eigenvalue weighted by molar-refractivity contribution is 6.12. The molecule has 116 valence electrons. The number of hydrazone groups is 1. The Labute approximate surface area is 135 Å². The zero-order valence-electron chi connectivity index (χ0n) is 13.2. The van der Waals surface area contributed by atoms with E-state index in [2.05, 4.69) is 10.5 Å². The number of carbonyl (C=O) groups is 1. The van der Waals surface area contributed by atoms with E-state index in [0.29, 0.717) is 12.0 Å². The van der Waals surface area contributed by atoms with Gasteiger partial charge < -0.3 is 4.74 Å². The summed E-state index contributed by atoms with van der Waals surface area (Å²) in [5.41, 5.74) is 7.34. The molecule has 1 N–H and O–H groups in total. The van der Waals surface area contributed by atoms with Crippen LogP contribution in [-0.4, -0.2) is 18.7 Å². The molecule has 1 amide bonds. The molecule has 0 saturated carbocycles. The summed E-state index contributed by atoms with van der Waals surface area (Å²) in [6.07, 6.45) is 2.40. The van der Waals surface area contributed by atoms with Gasteiger partial charge in [0.2, 0.25) is 0 Å². The van der Waals surface area contributed by atoms with Crippen LogP contribution in [0.4, 0.5) is 0 Å². The zero-order valence-corrected chi connectivity index (χ0v) is 13.2. The molecule has 0 bridgehead atoms. The van der Waals surface area contributed by atoms with Crippen molar-refractivity contribution in [3.05, 3.63) is 70.8 Å². The van der Waals surface area contributed by atoms with Crippen LogP contribution in [-0.2, 0) is 4.79 Å². The van der Waals surface area contributed by atoms with Gasteiger partial charge in [-0.15, -0.1) is 0 Å². The number of amides is 1. The van der Waals surface area contributed by atoms with Crippen molar-refractivity contribution in [1.82, 2.24) is 5.43 Å². The number of nitrogens with zero attached hydrogens (tertiary/aromatic N) is 1. The molecule has 0 spiro atoms. The number of benzene rings is 2. The van der Waals surface area contributed by atoms with Crippen LogP contribution in [0.2, 0.25) is 0 Å². The van der Waals surface area contributed by atoms with Gasteiger partial charge in [-0.3, -0.25) is 4.79 Å². The maximum absolute atomic E-state index is 12.0. The van der Waals surface area contributed by atoms with Gasteiger partial charge in [0.25, 0.3) is 5.91 Å². The van der Waals surface area contributed by atoms with Crippen LogP contribution >= 0.6 is 0 Å². The minimum atomic E-state index is -0.156. The van der Waals surface area contributed by atoms with Crippen LogP contribution in [0.5, 0.6) is 5.75 Å². The third kappa shape index (κ3) is 3.48. The van der Waals surface area contributed by atoms with E-state index in [1.54, 1.807) is 7.11 Å². The van der Waals surface area contributed by atoms with Crippen molar-refractivity contribution in [2.24, 2.45) is 5.10 Å². The van der Waals surface area contributed by atoms with Gasteiger partial charge in [0, 0.05) is 12.0 Å². The van der Waals surface area contributed by atoms with Gasteiger partial charge in [-0.25, -0.2) is 5.43 Å². The SMILES string of the molecule is COc1ccc(C=C2CC(c3ccc(C)cc3)=NNC2=O)cc1. The number of aryl methyl sites for hydroxylation is 1.